The Bertz CT molecular complexity index is 840. The molecular formula is C16H32B2O16P2. The maximum absolute atomic E-state index is 12.5. The Kier molecular flexibility index (Phi) is 10.2. The fraction of sp³-hybridized carbons (Fsp3) is 1.00. The van der Waals surface area contributed by atoms with Crippen LogP contribution in [0.1, 0.15) is 6.92 Å². The summed E-state index contributed by atoms with van der Waals surface area (Å²) < 4.78 is 60.6. The summed E-state index contributed by atoms with van der Waals surface area (Å²) in [5.41, 5.74) is 0. The van der Waals surface area contributed by atoms with Gasteiger partial charge in [0.15, 0.2) is 0 Å². The first-order valence-electron chi connectivity index (χ1n) is 11.3. The third kappa shape index (κ3) is 7.16. The number of aliphatic hydroxyl groups excluding tert-OH is 5. The molecule has 0 bridgehead atoms. The molecule has 3 fully saturated rings. The number of hydrogen-bond acceptors (Lipinski definition) is 14. The molecule has 7 N–H and O–H groups in total. The van der Waals surface area contributed by atoms with E-state index in [1.807, 2.05) is 0 Å². The van der Waals surface area contributed by atoms with E-state index in [1.54, 1.807) is 0 Å². The van der Waals surface area contributed by atoms with Gasteiger partial charge in [-0.25, -0.2) is 9.13 Å². The van der Waals surface area contributed by atoms with Crippen molar-refractivity contribution in [2.24, 2.45) is 0 Å². The summed E-state index contributed by atoms with van der Waals surface area (Å²) in [4.78, 5) is 20.2. The lowest BCUT2D eigenvalue weighted by atomic mass is 9.93. The molecule has 3 rings (SSSR count). The Labute approximate surface area is 208 Å². The number of phosphoric ester groups is 2. The highest BCUT2D eigenvalue weighted by Gasteiger charge is 2.49. The van der Waals surface area contributed by atoms with Gasteiger partial charge in [0, 0.05) is 0 Å². The van der Waals surface area contributed by atoms with Gasteiger partial charge in [0.05, 0.1) is 37.9 Å². The van der Waals surface area contributed by atoms with E-state index in [0.29, 0.717) is 0 Å². The molecular weight excluding hydrogens is 532 g/mol. The Morgan fingerprint density at radius 2 is 1.19 bits per heavy atom. The van der Waals surface area contributed by atoms with Gasteiger partial charge < -0.3 is 49.5 Å². The van der Waals surface area contributed by atoms with E-state index in [-0.39, 0.29) is 0 Å². The van der Waals surface area contributed by atoms with Crippen LogP contribution in [0.2, 0.25) is 0 Å². The van der Waals surface area contributed by atoms with Crippen LogP contribution in [0.3, 0.4) is 0 Å². The average molecular weight is 564 g/mol. The number of rotatable bonds is 11. The van der Waals surface area contributed by atoms with Crippen LogP contribution in [-0.2, 0) is 41.4 Å². The largest absolute Gasteiger partial charge is 0.472 e. The monoisotopic (exact) mass is 564 g/mol. The van der Waals surface area contributed by atoms with Crippen molar-refractivity contribution in [2.45, 2.75) is 80.0 Å². The zero-order valence-electron chi connectivity index (χ0n) is 19.7. The molecule has 20 heteroatoms. The maximum Gasteiger partial charge on any atom is 0.472 e. The molecule has 14 atom stereocenters. The smallest absolute Gasteiger partial charge is 0.394 e. The zero-order valence-corrected chi connectivity index (χ0v) is 21.5. The van der Waals surface area contributed by atoms with Crippen molar-refractivity contribution in [3.63, 3.8) is 0 Å². The Morgan fingerprint density at radius 1 is 0.722 bits per heavy atom. The van der Waals surface area contributed by atoms with Crippen molar-refractivity contribution < 1.29 is 76.8 Å². The van der Waals surface area contributed by atoms with Gasteiger partial charge in [0.25, 0.3) is 0 Å². The van der Waals surface area contributed by atoms with Crippen LogP contribution in [0.25, 0.3) is 0 Å². The predicted molar refractivity (Wildman–Crippen MR) is 121 cm³/mol. The molecule has 3 heterocycles. The maximum atomic E-state index is 12.5. The van der Waals surface area contributed by atoms with Crippen LogP contribution >= 0.6 is 15.6 Å². The molecule has 0 spiro atoms. The van der Waals surface area contributed by atoms with Crippen LogP contribution < -0.4 is 0 Å². The molecule has 3 saturated heterocycles. The molecule has 0 amide bonds. The summed E-state index contributed by atoms with van der Waals surface area (Å²) >= 11 is 0. The standard InChI is InChI=1S/C16H32B2O16P2/c1-5-9(20)14(34-35(24,25)28-3-7-10(21)11(22)15(17)32-7)8(30-5)4-29-36(26,27)33-13-6(2-19)31-16(18)12(13)23/h5-16,19-23H,2-4,17-18H2,1H3,(H,24,25)(H,26,27)/t5-,6+,7+,8+,9?,10?,11?,12?,13?,14?,15+,16+/m0/s1. The van der Waals surface area contributed by atoms with Gasteiger partial charge in [-0.2, -0.15) is 0 Å². The van der Waals surface area contributed by atoms with Crippen molar-refractivity contribution in [3.8, 4) is 0 Å². The Hall–Kier alpha value is 0.0299. The summed E-state index contributed by atoms with van der Waals surface area (Å²) in [6.45, 7) is -0.530. The second-order valence-corrected chi connectivity index (χ2v) is 11.8. The minimum atomic E-state index is -4.89. The van der Waals surface area contributed by atoms with E-state index in [4.69, 9.17) is 32.3 Å². The first-order chi connectivity index (χ1) is 16.7. The van der Waals surface area contributed by atoms with Gasteiger partial charge in [-0.15, -0.1) is 0 Å². The van der Waals surface area contributed by atoms with E-state index in [1.165, 1.54) is 22.6 Å². The molecule has 3 aliphatic heterocycles. The van der Waals surface area contributed by atoms with Gasteiger partial charge >= 0.3 is 15.6 Å². The van der Waals surface area contributed by atoms with E-state index >= 15 is 0 Å². The molecule has 16 nitrogen and oxygen atoms in total. The summed E-state index contributed by atoms with van der Waals surface area (Å²) in [7, 11) is -6.78. The van der Waals surface area contributed by atoms with Gasteiger partial charge in [-0.1, -0.05) is 0 Å². The van der Waals surface area contributed by atoms with Crippen molar-refractivity contribution in [1.29, 1.82) is 0 Å². The normalized spacial score (nSPS) is 46.6. The summed E-state index contributed by atoms with van der Waals surface area (Å²) in [6.07, 6.45) is -12.7. The van der Waals surface area contributed by atoms with Crippen molar-refractivity contribution in [3.05, 3.63) is 0 Å². The summed E-state index contributed by atoms with van der Waals surface area (Å²) in [5.74, 6) is 0. The lowest BCUT2D eigenvalue weighted by Crippen LogP contribution is -2.38. The lowest BCUT2D eigenvalue weighted by Gasteiger charge is -2.26. The molecule has 0 aromatic rings. The third-order valence-corrected chi connectivity index (χ3v) is 8.21. The highest BCUT2D eigenvalue weighted by atomic mass is 31.2. The van der Waals surface area contributed by atoms with Gasteiger partial charge in [0.1, 0.15) is 70.6 Å². The average Bonchev–Trinajstić information content (AvgIpc) is 3.33. The van der Waals surface area contributed by atoms with Crippen molar-refractivity contribution >= 4 is 31.3 Å². The number of phosphoric acid groups is 2. The van der Waals surface area contributed by atoms with E-state index in [0.717, 1.165) is 0 Å². The Balaban J connectivity index is 1.57. The topological polar surface area (TPSA) is 240 Å². The van der Waals surface area contributed by atoms with Crippen LogP contribution in [0.5, 0.6) is 0 Å². The zero-order chi connectivity index (χ0) is 27.0. The van der Waals surface area contributed by atoms with Crippen molar-refractivity contribution in [2.75, 3.05) is 19.8 Å². The van der Waals surface area contributed by atoms with Crippen LogP contribution in [0.15, 0.2) is 0 Å². The highest BCUT2D eigenvalue weighted by molar-refractivity contribution is 7.47. The molecule has 208 valence electrons. The Morgan fingerprint density at radius 3 is 1.69 bits per heavy atom. The van der Waals surface area contributed by atoms with Gasteiger partial charge in [0.2, 0.25) is 0 Å². The highest BCUT2D eigenvalue weighted by Crippen LogP contribution is 2.50. The third-order valence-electron chi connectivity index (χ3n) is 6.24. The van der Waals surface area contributed by atoms with Crippen LogP contribution in [0, 0.1) is 0 Å². The summed E-state index contributed by atoms with van der Waals surface area (Å²) in [6, 6.07) is -1.51. The second kappa shape index (κ2) is 12.0. The minimum Gasteiger partial charge on any atom is -0.394 e. The van der Waals surface area contributed by atoms with Crippen LogP contribution in [0.4, 0.5) is 0 Å². The molecule has 0 aromatic carbocycles. The molecule has 0 aliphatic carbocycles. The molecule has 8 unspecified atom stereocenters. The van der Waals surface area contributed by atoms with Crippen molar-refractivity contribution in [1.82, 2.24) is 0 Å². The lowest BCUT2D eigenvalue weighted by molar-refractivity contribution is -0.0421. The molecule has 36 heavy (non-hydrogen) atoms. The first-order valence-corrected chi connectivity index (χ1v) is 14.3. The molecule has 0 aromatic heterocycles. The second-order valence-electron chi connectivity index (χ2n) is 8.95. The van der Waals surface area contributed by atoms with E-state index < -0.39 is 109 Å². The molecule has 3 aliphatic rings. The first kappa shape index (κ1) is 30.6. The van der Waals surface area contributed by atoms with Gasteiger partial charge in [-0.05, 0) is 6.92 Å². The SMILES string of the molecule is B[C@@H]1O[C@H](COP(=O)(O)OC2C(O)[C@H](C)O[C@@H]2COP(=O)(O)OC2C(O)[C@H](B)O[C@@H]2CO)C(O)C1O. The number of aliphatic hydroxyl groups is 5. The van der Waals surface area contributed by atoms with Gasteiger partial charge in [-0.3, -0.25) is 18.1 Å². The fourth-order valence-corrected chi connectivity index (χ4v) is 6.09. The number of ether oxygens (including phenoxy) is 3. The summed E-state index contributed by atoms with van der Waals surface area (Å²) in [5, 5.41) is 49.4. The molecule has 0 radical (unpaired) electrons. The quantitative estimate of drug-likeness (QED) is 0.0918. The minimum absolute atomic E-state index is 0.593. The number of hydrogen-bond donors (Lipinski definition) is 7. The fourth-order valence-electron chi connectivity index (χ4n) is 4.16. The molecule has 0 saturated carbocycles. The van der Waals surface area contributed by atoms with Crippen LogP contribution in [-0.4, -0.2) is 144 Å². The van der Waals surface area contributed by atoms with E-state index in [9.17, 15) is 44.4 Å². The van der Waals surface area contributed by atoms with E-state index in [2.05, 4.69) is 0 Å². The predicted octanol–water partition coefficient (Wildman–Crippen LogP) is -5.07.